The first-order chi connectivity index (χ1) is 8.47. The maximum Gasteiger partial charge on any atom is 0.214 e. The van der Waals surface area contributed by atoms with Gasteiger partial charge in [0.2, 0.25) is 10.0 Å². The third-order valence-electron chi connectivity index (χ3n) is 3.84. The van der Waals surface area contributed by atoms with Crippen molar-refractivity contribution in [3.63, 3.8) is 0 Å². The Hall–Kier alpha value is -0.170. The lowest BCUT2D eigenvalue weighted by Gasteiger charge is -2.25. The highest BCUT2D eigenvalue weighted by Crippen LogP contribution is 2.11. The number of sulfonamides is 1. The fraction of sp³-hybridized carbons (Fsp3) is 1.00. The number of nitrogens with zero attached hydrogens (tertiary/aromatic N) is 1. The van der Waals surface area contributed by atoms with E-state index in [9.17, 15) is 8.42 Å². The lowest BCUT2D eigenvalue weighted by Crippen LogP contribution is -2.44. The predicted molar refractivity (Wildman–Crippen MR) is 75.2 cm³/mol. The Kier molecular flexibility index (Phi) is 6.55. The minimum absolute atomic E-state index is 0.215. The van der Waals surface area contributed by atoms with Crippen molar-refractivity contribution in [1.82, 2.24) is 14.9 Å². The molecule has 1 heterocycles. The van der Waals surface area contributed by atoms with E-state index in [-0.39, 0.29) is 5.25 Å². The predicted octanol–water partition coefficient (Wildman–Crippen LogP) is 0.388. The molecular formula is C12H27N3O2S. The van der Waals surface area contributed by atoms with Crippen LogP contribution in [0.3, 0.4) is 0 Å². The van der Waals surface area contributed by atoms with Gasteiger partial charge in [0.25, 0.3) is 0 Å². The van der Waals surface area contributed by atoms with E-state index in [0.29, 0.717) is 12.6 Å². The van der Waals surface area contributed by atoms with Gasteiger partial charge in [0.1, 0.15) is 0 Å². The lowest BCUT2D eigenvalue weighted by atomic mass is 10.2. The fourth-order valence-electron chi connectivity index (χ4n) is 2.12. The van der Waals surface area contributed by atoms with Crippen LogP contribution in [0.25, 0.3) is 0 Å². The largest absolute Gasteiger partial charge is 0.317 e. The molecule has 0 spiro atoms. The van der Waals surface area contributed by atoms with Crippen LogP contribution >= 0.6 is 0 Å². The molecule has 1 saturated heterocycles. The van der Waals surface area contributed by atoms with Gasteiger partial charge in [-0.05, 0) is 46.3 Å². The van der Waals surface area contributed by atoms with Gasteiger partial charge in [-0.1, -0.05) is 6.92 Å². The second-order valence-corrected chi connectivity index (χ2v) is 7.17. The van der Waals surface area contributed by atoms with Gasteiger partial charge in [0.15, 0.2) is 0 Å². The summed E-state index contributed by atoms with van der Waals surface area (Å²) in [6, 6.07) is 0.494. The average molecular weight is 277 g/mol. The van der Waals surface area contributed by atoms with Crippen molar-refractivity contribution >= 4 is 10.0 Å². The topological polar surface area (TPSA) is 61.4 Å². The molecule has 108 valence electrons. The molecule has 1 aliphatic rings. The third kappa shape index (κ3) is 4.84. The number of hydrogen-bond donors (Lipinski definition) is 2. The Balaban J connectivity index is 2.33. The van der Waals surface area contributed by atoms with E-state index in [0.717, 1.165) is 38.9 Å². The zero-order valence-electron chi connectivity index (χ0n) is 11.8. The van der Waals surface area contributed by atoms with Crippen molar-refractivity contribution in [2.45, 2.75) is 44.4 Å². The molecule has 2 N–H and O–H groups in total. The summed E-state index contributed by atoms with van der Waals surface area (Å²) in [5.74, 6) is 0. The number of rotatable bonds is 7. The number of nitrogens with one attached hydrogen (secondary N) is 2. The van der Waals surface area contributed by atoms with Crippen LogP contribution < -0.4 is 10.0 Å². The van der Waals surface area contributed by atoms with Gasteiger partial charge in [-0.15, -0.1) is 0 Å². The van der Waals surface area contributed by atoms with Gasteiger partial charge in [-0.2, -0.15) is 0 Å². The Labute approximate surface area is 111 Å². The van der Waals surface area contributed by atoms with Crippen molar-refractivity contribution in [1.29, 1.82) is 0 Å². The molecule has 1 atom stereocenters. The summed E-state index contributed by atoms with van der Waals surface area (Å²) >= 11 is 0. The normalized spacial score (nSPS) is 20.2. The number of hydrogen-bond acceptors (Lipinski definition) is 4. The molecule has 0 aliphatic carbocycles. The SMILES string of the molecule is CCC(C)N(C)CCNS(=O)(=O)C1CCNCC1. The summed E-state index contributed by atoms with van der Waals surface area (Å²) < 4.78 is 26.8. The summed E-state index contributed by atoms with van der Waals surface area (Å²) in [5.41, 5.74) is 0. The first-order valence-corrected chi connectivity index (χ1v) is 8.41. The van der Waals surface area contributed by atoms with Crippen molar-refractivity contribution in [2.24, 2.45) is 0 Å². The molecule has 6 heteroatoms. The lowest BCUT2D eigenvalue weighted by molar-refractivity contribution is 0.256. The standard InChI is InChI=1S/C12H27N3O2S/c1-4-11(2)15(3)10-9-14-18(16,17)12-5-7-13-8-6-12/h11-14H,4-10H2,1-3H3. The van der Waals surface area contributed by atoms with E-state index >= 15 is 0 Å². The van der Waals surface area contributed by atoms with Gasteiger partial charge in [0, 0.05) is 19.1 Å². The highest BCUT2D eigenvalue weighted by Gasteiger charge is 2.26. The van der Waals surface area contributed by atoms with Crippen LogP contribution in [0, 0.1) is 0 Å². The monoisotopic (exact) mass is 277 g/mol. The Morgan fingerprint density at radius 2 is 2.00 bits per heavy atom. The molecule has 0 bridgehead atoms. The fourth-order valence-corrected chi connectivity index (χ4v) is 3.59. The maximum atomic E-state index is 12.0. The summed E-state index contributed by atoms with van der Waals surface area (Å²) in [6.07, 6.45) is 2.52. The third-order valence-corrected chi connectivity index (χ3v) is 5.79. The van der Waals surface area contributed by atoms with Crippen molar-refractivity contribution in [3.8, 4) is 0 Å². The van der Waals surface area contributed by atoms with Crippen molar-refractivity contribution in [3.05, 3.63) is 0 Å². The second-order valence-electron chi connectivity index (χ2n) is 5.13. The molecule has 0 amide bonds. The molecule has 0 radical (unpaired) electrons. The van der Waals surface area contributed by atoms with Gasteiger partial charge < -0.3 is 10.2 Å². The Bertz CT molecular complexity index is 326. The van der Waals surface area contributed by atoms with Crippen LogP contribution in [-0.4, -0.2) is 57.8 Å². The number of piperidine rings is 1. The smallest absolute Gasteiger partial charge is 0.214 e. The van der Waals surface area contributed by atoms with Crippen molar-refractivity contribution < 1.29 is 8.42 Å². The van der Waals surface area contributed by atoms with E-state index in [1.807, 2.05) is 7.05 Å². The van der Waals surface area contributed by atoms with Gasteiger partial charge in [0.05, 0.1) is 5.25 Å². The Morgan fingerprint density at radius 1 is 1.39 bits per heavy atom. The van der Waals surface area contributed by atoms with E-state index in [4.69, 9.17) is 0 Å². The first kappa shape index (κ1) is 15.9. The van der Waals surface area contributed by atoms with Crippen LogP contribution in [0.5, 0.6) is 0 Å². The molecule has 1 aliphatic heterocycles. The minimum atomic E-state index is -3.13. The van der Waals surface area contributed by atoms with E-state index < -0.39 is 10.0 Å². The van der Waals surface area contributed by atoms with E-state index in [2.05, 4.69) is 28.8 Å². The van der Waals surface area contributed by atoms with Crippen LogP contribution in [0.15, 0.2) is 0 Å². The molecule has 1 fully saturated rings. The maximum absolute atomic E-state index is 12.0. The molecule has 0 saturated carbocycles. The first-order valence-electron chi connectivity index (χ1n) is 6.86. The minimum Gasteiger partial charge on any atom is -0.317 e. The molecular weight excluding hydrogens is 250 g/mol. The summed E-state index contributed by atoms with van der Waals surface area (Å²) in [4.78, 5) is 2.19. The van der Waals surface area contributed by atoms with Gasteiger partial charge >= 0.3 is 0 Å². The Morgan fingerprint density at radius 3 is 2.56 bits per heavy atom. The molecule has 0 aromatic rings. The molecule has 1 unspecified atom stereocenters. The molecule has 18 heavy (non-hydrogen) atoms. The zero-order chi connectivity index (χ0) is 13.6. The van der Waals surface area contributed by atoms with Gasteiger partial charge in [-0.3, -0.25) is 0 Å². The molecule has 5 nitrogen and oxygen atoms in total. The molecule has 1 rings (SSSR count). The summed E-state index contributed by atoms with van der Waals surface area (Å²) in [5, 5.41) is 2.97. The van der Waals surface area contributed by atoms with Crippen LogP contribution in [-0.2, 0) is 10.0 Å². The second kappa shape index (κ2) is 7.43. The van der Waals surface area contributed by atoms with E-state index in [1.54, 1.807) is 0 Å². The van der Waals surface area contributed by atoms with Crippen LogP contribution in [0.1, 0.15) is 33.1 Å². The summed E-state index contributed by atoms with van der Waals surface area (Å²) in [7, 11) is -1.09. The van der Waals surface area contributed by atoms with Gasteiger partial charge in [-0.25, -0.2) is 13.1 Å². The molecule has 0 aromatic carbocycles. The zero-order valence-corrected chi connectivity index (χ0v) is 12.6. The molecule has 0 aromatic heterocycles. The average Bonchev–Trinajstić information content (AvgIpc) is 2.38. The van der Waals surface area contributed by atoms with Crippen molar-refractivity contribution in [2.75, 3.05) is 33.2 Å². The highest BCUT2D eigenvalue weighted by atomic mass is 32.2. The summed E-state index contributed by atoms with van der Waals surface area (Å²) in [6.45, 7) is 7.17. The van der Waals surface area contributed by atoms with Crippen LogP contribution in [0.2, 0.25) is 0 Å². The van der Waals surface area contributed by atoms with E-state index in [1.165, 1.54) is 0 Å². The number of likely N-dealkylation sites (N-methyl/N-ethyl adjacent to an activating group) is 1. The van der Waals surface area contributed by atoms with Crippen LogP contribution in [0.4, 0.5) is 0 Å². The quantitative estimate of drug-likeness (QED) is 0.707. The highest BCUT2D eigenvalue weighted by molar-refractivity contribution is 7.90.